The third-order valence-corrected chi connectivity index (χ3v) is 8.46. The van der Waals surface area contributed by atoms with Crippen molar-refractivity contribution in [2.75, 3.05) is 0 Å². The van der Waals surface area contributed by atoms with Crippen LogP contribution in [0.1, 0.15) is 58.8 Å². The van der Waals surface area contributed by atoms with Crippen LogP contribution in [0.4, 0.5) is 0 Å². The van der Waals surface area contributed by atoms with Gasteiger partial charge in [0.05, 0.1) is 0 Å². The fourth-order valence-electron chi connectivity index (χ4n) is 6.74. The van der Waals surface area contributed by atoms with Crippen LogP contribution in [0.2, 0.25) is 0 Å². The van der Waals surface area contributed by atoms with Gasteiger partial charge in [-0.15, -0.1) is 19.2 Å². The Morgan fingerprint density at radius 1 is 1.18 bits per heavy atom. The quantitative estimate of drug-likeness (QED) is 0.434. The number of hydrogen-bond donors (Lipinski definition) is 1. The van der Waals surface area contributed by atoms with Crippen molar-refractivity contribution in [2.24, 2.45) is 34.5 Å². The summed E-state index contributed by atoms with van der Waals surface area (Å²) in [5, 5.41) is 0. The standard InChI is InChI=1S/C21H30S/c1-4-14-6-8-18-17-7-5-15-13-16(22)9-11-21(15,3)19(17)10-12-20(14,18)2/h4-5,13-14,17-19,22H,1,6-12H2,2-3H3. The zero-order chi connectivity index (χ0) is 15.5. The number of thiol groups is 1. The maximum absolute atomic E-state index is 4.64. The SMILES string of the molecule is C=CC1CCC2C3CC=C4C=C(S)CCC4(C)C3CCC12C. The molecule has 0 aromatic carbocycles. The van der Waals surface area contributed by atoms with Crippen LogP contribution in [0, 0.1) is 34.5 Å². The van der Waals surface area contributed by atoms with Crippen LogP contribution < -0.4 is 0 Å². The van der Waals surface area contributed by atoms with Gasteiger partial charge in [0.1, 0.15) is 0 Å². The molecule has 4 aliphatic carbocycles. The van der Waals surface area contributed by atoms with Crippen LogP contribution >= 0.6 is 12.6 Å². The van der Waals surface area contributed by atoms with E-state index in [1.165, 1.54) is 49.9 Å². The number of hydrogen-bond acceptors (Lipinski definition) is 1. The van der Waals surface area contributed by atoms with Crippen LogP contribution in [-0.2, 0) is 0 Å². The van der Waals surface area contributed by atoms with Crippen molar-refractivity contribution < 1.29 is 0 Å². The summed E-state index contributed by atoms with van der Waals surface area (Å²) < 4.78 is 0. The molecular weight excluding hydrogens is 284 g/mol. The second kappa shape index (κ2) is 5.03. The van der Waals surface area contributed by atoms with Gasteiger partial charge in [0.2, 0.25) is 0 Å². The Kier molecular flexibility index (Phi) is 3.46. The molecule has 0 bridgehead atoms. The van der Waals surface area contributed by atoms with Gasteiger partial charge in [-0.1, -0.05) is 26.0 Å². The summed E-state index contributed by atoms with van der Waals surface area (Å²) in [5.74, 6) is 3.48. The van der Waals surface area contributed by atoms with E-state index in [2.05, 4.69) is 51.3 Å². The molecule has 1 heteroatoms. The first kappa shape index (κ1) is 15.1. The topological polar surface area (TPSA) is 0 Å². The molecular formula is C21H30S. The van der Waals surface area contributed by atoms with E-state index in [-0.39, 0.29) is 0 Å². The minimum atomic E-state index is 0.419. The van der Waals surface area contributed by atoms with Gasteiger partial charge in [0, 0.05) is 0 Å². The molecule has 4 rings (SSSR count). The van der Waals surface area contributed by atoms with Crippen LogP contribution in [0.5, 0.6) is 0 Å². The molecule has 2 saturated carbocycles. The van der Waals surface area contributed by atoms with Gasteiger partial charge in [0.25, 0.3) is 0 Å². The highest BCUT2D eigenvalue weighted by molar-refractivity contribution is 7.84. The van der Waals surface area contributed by atoms with Crippen molar-refractivity contribution >= 4 is 12.6 Å². The van der Waals surface area contributed by atoms with Crippen LogP contribution in [0.25, 0.3) is 0 Å². The Morgan fingerprint density at radius 2 is 2.00 bits per heavy atom. The van der Waals surface area contributed by atoms with E-state index < -0.39 is 0 Å². The lowest BCUT2D eigenvalue weighted by Crippen LogP contribution is -2.48. The third kappa shape index (κ3) is 1.90. The minimum absolute atomic E-state index is 0.419. The summed E-state index contributed by atoms with van der Waals surface area (Å²) in [6, 6.07) is 0. The van der Waals surface area contributed by atoms with Gasteiger partial charge in [-0.2, -0.15) is 0 Å². The lowest BCUT2D eigenvalue weighted by Gasteiger charge is -2.57. The first-order valence-corrected chi connectivity index (χ1v) is 9.66. The predicted molar refractivity (Wildman–Crippen MR) is 97.8 cm³/mol. The zero-order valence-corrected chi connectivity index (χ0v) is 15.0. The average Bonchev–Trinajstić information content (AvgIpc) is 2.84. The van der Waals surface area contributed by atoms with Crippen molar-refractivity contribution in [3.05, 3.63) is 35.3 Å². The van der Waals surface area contributed by atoms with E-state index in [0.29, 0.717) is 10.8 Å². The summed E-state index contributed by atoms with van der Waals surface area (Å²) >= 11 is 4.64. The van der Waals surface area contributed by atoms with Gasteiger partial charge in [-0.05, 0) is 96.0 Å². The van der Waals surface area contributed by atoms with Crippen molar-refractivity contribution in [1.29, 1.82) is 0 Å². The molecule has 0 aromatic rings. The smallest absolute Gasteiger partial charge is 0.00437 e. The summed E-state index contributed by atoms with van der Waals surface area (Å²) in [6.45, 7) is 9.26. The summed E-state index contributed by atoms with van der Waals surface area (Å²) in [5.41, 5.74) is 2.55. The Hall–Kier alpha value is -0.430. The predicted octanol–water partition coefficient (Wildman–Crippen LogP) is 6.18. The molecule has 6 atom stereocenters. The van der Waals surface area contributed by atoms with Crippen LogP contribution in [0.3, 0.4) is 0 Å². The summed E-state index contributed by atoms with van der Waals surface area (Å²) in [6.07, 6.45) is 16.7. The molecule has 0 amide bonds. The zero-order valence-electron chi connectivity index (χ0n) is 14.1. The number of allylic oxidation sites excluding steroid dienone is 5. The van der Waals surface area contributed by atoms with E-state index in [1.807, 2.05) is 0 Å². The Morgan fingerprint density at radius 3 is 2.77 bits per heavy atom. The van der Waals surface area contributed by atoms with E-state index >= 15 is 0 Å². The summed E-state index contributed by atoms with van der Waals surface area (Å²) in [4.78, 5) is 1.29. The van der Waals surface area contributed by atoms with Crippen LogP contribution in [0.15, 0.2) is 35.3 Å². The van der Waals surface area contributed by atoms with Crippen LogP contribution in [-0.4, -0.2) is 0 Å². The Labute approximate surface area is 141 Å². The molecule has 0 saturated heterocycles. The highest BCUT2D eigenvalue weighted by atomic mass is 32.1. The average molecular weight is 315 g/mol. The first-order valence-electron chi connectivity index (χ1n) is 9.22. The molecule has 6 unspecified atom stereocenters. The Bertz CT molecular complexity index is 556. The maximum atomic E-state index is 4.64. The molecule has 0 radical (unpaired) electrons. The summed E-state index contributed by atoms with van der Waals surface area (Å²) in [7, 11) is 0. The van der Waals surface area contributed by atoms with Crippen molar-refractivity contribution in [2.45, 2.75) is 58.8 Å². The molecule has 0 aliphatic heterocycles. The normalized spacial score (nSPS) is 50.3. The second-order valence-electron chi connectivity index (χ2n) is 8.79. The van der Waals surface area contributed by atoms with Gasteiger partial charge in [0.15, 0.2) is 0 Å². The Balaban J connectivity index is 1.70. The minimum Gasteiger partial charge on any atom is -0.148 e. The molecule has 0 heterocycles. The van der Waals surface area contributed by atoms with Crippen molar-refractivity contribution in [1.82, 2.24) is 0 Å². The maximum Gasteiger partial charge on any atom is -0.00437 e. The second-order valence-corrected chi connectivity index (χ2v) is 9.36. The highest BCUT2D eigenvalue weighted by Crippen LogP contribution is 2.66. The van der Waals surface area contributed by atoms with E-state index in [4.69, 9.17) is 0 Å². The van der Waals surface area contributed by atoms with Crippen molar-refractivity contribution in [3.8, 4) is 0 Å². The van der Waals surface area contributed by atoms with Gasteiger partial charge >= 0.3 is 0 Å². The highest BCUT2D eigenvalue weighted by Gasteiger charge is 2.57. The molecule has 0 N–H and O–H groups in total. The number of rotatable bonds is 1. The molecule has 22 heavy (non-hydrogen) atoms. The largest absolute Gasteiger partial charge is 0.148 e. The lowest BCUT2D eigenvalue weighted by atomic mass is 9.48. The first-order chi connectivity index (χ1) is 10.5. The van der Waals surface area contributed by atoms with Gasteiger partial charge < -0.3 is 0 Å². The fraction of sp³-hybridized carbons (Fsp3) is 0.714. The third-order valence-electron chi connectivity index (χ3n) is 8.11. The number of fused-ring (bicyclic) bond motifs is 5. The monoisotopic (exact) mass is 314 g/mol. The molecule has 4 aliphatic rings. The molecule has 0 aromatic heterocycles. The molecule has 120 valence electrons. The van der Waals surface area contributed by atoms with E-state index in [0.717, 1.165) is 23.7 Å². The fourth-order valence-corrected chi connectivity index (χ4v) is 6.99. The van der Waals surface area contributed by atoms with E-state index in [9.17, 15) is 0 Å². The van der Waals surface area contributed by atoms with Crippen molar-refractivity contribution in [3.63, 3.8) is 0 Å². The lowest BCUT2D eigenvalue weighted by molar-refractivity contribution is -0.0286. The molecule has 2 fully saturated rings. The molecule has 0 nitrogen and oxygen atoms in total. The molecule has 0 spiro atoms. The van der Waals surface area contributed by atoms with E-state index in [1.54, 1.807) is 5.57 Å². The van der Waals surface area contributed by atoms with Gasteiger partial charge in [-0.25, -0.2) is 0 Å². The van der Waals surface area contributed by atoms with Gasteiger partial charge in [-0.3, -0.25) is 0 Å².